The van der Waals surface area contributed by atoms with Gasteiger partial charge in [-0.1, -0.05) is 6.07 Å². The Labute approximate surface area is 115 Å². The van der Waals surface area contributed by atoms with Crippen molar-refractivity contribution in [1.82, 2.24) is 5.32 Å². The van der Waals surface area contributed by atoms with Crippen LogP contribution in [0.3, 0.4) is 0 Å². The first-order chi connectivity index (χ1) is 9.12. The van der Waals surface area contributed by atoms with E-state index in [2.05, 4.69) is 25.2 Å². The standard InChI is InChI=1S/C15H24N2O2/c1-11-12(2)14(18-3)5-4-13(11)6-17-8-15(7-16)9-19-10-15/h4-5,17H,6-10,16H2,1-3H3. The Bertz CT molecular complexity index is 437. The van der Waals surface area contributed by atoms with E-state index >= 15 is 0 Å². The molecule has 0 saturated carbocycles. The molecular formula is C15H24N2O2. The third-order valence-corrected chi connectivity index (χ3v) is 4.13. The van der Waals surface area contributed by atoms with E-state index in [0.717, 1.165) is 32.1 Å². The molecule has 1 heterocycles. The molecule has 0 aliphatic carbocycles. The summed E-state index contributed by atoms with van der Waals surface area (Å²) in [5.74, 6) is 0.951. The summed E-state index contributed by atoms with van der Waals surface area (Å²) in [6.07, 6.45) is 0. The maximum Gasteiger partial charge on any atom is 0.122 e. The van der Waals surface area contributed by atoms with E-state index in [1.807, 2.05) is 6.07 Å². The second kappa shape index (κ2) is 5.90. The van der Waals surface area contributed by atoms with Crippen LogP contribution in [0.15, 0.2) is 12.1 Å². The summed E-state index contributed by atoms with van der Waals surface area (Å²) in [6, 6.07) is 4.16. The zero-order valence-electron chi connectivity index (χ0n) is 12.1. The molecule has 0 atom stereocenters. The monoisotopic (exact) mass is 264 g/mol. The molecule has 0 radical (unpaired) electrons. The maximum absolute atomic E-state index is 5.80. The fourth-order valence-corrected chi connectivity index (χ4v) is 2.41. The Morgan fingerprint density at radius 2 is 2.05 bits per heavy atom. The van der Waals surface area contributed by atoms with Crippen molar-refractivity contribution in [3.05, 3.63) is 28.8 Å². The largest absolute Gasteiger partial charge is 0.496 e. The van der Waals surface area contributed by atoms with Crippen molar-refractivity contribution in [1.29, 1.82) is 0 Å². The zero-order valence-corrected chi connectivity index (χ0v) is 12.1. The van der Waals surface area contributed by atoms with Crippen molar-refractivity contribution in [3.63, 3.8) is 0 Å². The minimum absolute atomic E-state index is 0.148. The smallest absolute Gasteiger partial charge is 0.122 e. The molecule has 0 amide bonds. The van der Waals surface area contributed by atoms with Gasteiger partial charge in [0.15, 0.2) is 0 Å². The van der Waals surface area contributed by atoms with Gasteiger partial charge in [-0.3, -0.25) is 0 Å². The summed E-state index contributed by atoms with van der Waals surface area (Å²) in [4.78, 5) is 0. The quantitative estimate of drug-likeness (QED) is 0.815. The van der Waals surface area contributed by atoms with E-state index in [9.17, 15) is 0 Å². The van der Waals surface area contributed by atoms with Gasteiger partial charge in [0.25, 0.3) is 0 Å². The van der Waals surface area contributed by atoms with Gasteiger partial charge in [-0.15, -0.1) is 0 Å². The fraction of sp³-hybridized carbons (Fsp3) is 0.600. The van der Waals surface area contributed by atoms with E-state index in [0.29, 0.717) is 6.54 Å². The van der Waals surface area contributed by atoms with E-state index in [-0.39, 0.29) is 5.41 Å². The molecular weight excluding hydrogens is 240 g/mol. The topological polar surface area (TPSA) is 56.5 Å². The average molecular weight is 264 g/mol. The lowest BCUT2D eigenvalue weighted by Crippen LogP contribution is -2.54. The summed E-state index contributed by atoms with van der Waals surface area (Å²) in [5.41, 5.74) is 9.76. The number of methoxy groups -OCH3 is 1. The number of rotatable bonds is 6. The Morgan fingerprint density at radius 1 is 1.32 bits per heavy atom. The molecule has 1 fully saturated rings. The van der Waals surface area contributed by atoms with Crippen molar-refractivity contribution in [3.8, 4) is 5.75 Å². The molecule has 1 aromatic rings. The molecule has 3 N–H and O–H groups in total. The Morgan fingerprint density at radius 3 is 2.58 bits per heavy atom. The molecule has 2 rings (SSSR count). The predicted molar refractivity (Wildman–Crippen MR) is 76.5 cm³/mol. The average Bonchev–Trinajstić information content (AvgIpc) is 2.38. The summed E-state index contributed by atoms with van der Waals surface area (Å²) in [6.45, 7) is 8.24. The van der Waals surface area contributed by atoms with Gasteiger partial charge in [-0.2, -0.15) is 0 Å². The van der Waals surface area contributed by atoms with Crippen molar-refractivity contribution in [2.45, 2.75) is 20.4 Å². The van der Waals surface area contributed by atoms with Crippen LogP contribution in [0.4, 0.5) is 0 Å². The molecule has 0 bridgehead atoms. The normalized spacial score (nSPS) is 17.1. The molecule has 0 aromatic heterocycles. The molecule has 0 unspecified atom stereocenters. The van der Waals surface area contributed by atoms with Crippen LogP contribution < -0.4 is 15.8 Å². The molecule has 106 valence electrons. The Hall–Kier alpha value is -1.10. The summed E-state index contributed by atoms with van der Waals surface area (Å²) >= 11 is 0. The van der Waals surface area contributed by atoms with Crippen LogP contribution >= 0.6 is 0 Å². The summed E-state index contributed by atoms with van der Waals surface area (Å²) < 4.78 is 10.6. The van der Waals surface area contributed by atoms with Crippen LogP contribution in [0.2, 0.25) is 0 Å². The maximum atomic E-state index is 5.80. The molecule has 4 heteroatoms. The predicted octanol–water partition coefficient (Wildman–Crippen LogP) is 1.38. The number of benzene rings is 1. The highest BCUT2D eigenvalue weighted by atomic mass is 16.5. The van der Waals surface area contributed by atoms with Gasteiger partial charge in [-0.25, -0.2) is 0 Å². The van der Waals surface area contributed by atoms with Crippen LogP contribution in [-0.2, 0) is 11.3 Å². The minimum atomic E-state index is 0.148. The number of hydrogen-bond acceptors (Lipinski definition) is 4. The highest BCUT2D eigenvalue weighted by Crippen LogP contribution is 2.26. The van der Waals surface area contributed by atoms with Crippen molar-refractivity contribution >= 4 is 0 Å². The van der Waals surface area contributed by atoms with Gasteiger partial charge in [0.05, 0.1) is 20.3 Å². The molecule has 19 heavy (non-hydrogen) atoms. The molecule has 0 spiro atoms. The first kappa shape index (κ1) is 14.3. The lowest BCUT2D eigenvalue weighted by Gasteiger charge is -2.40. The van der Waals surface area contributed by atoms with E-state index in [1.165, 1.54) is 16.7 Å². The van der Waals surface area contributed by atoms with Gasteiger partial charge in [0, 0.05) is 25.0 Å². The van der Waals surface area contributed by atoms with E-state index < -0.39 is 0 Å². The first-order valence-electron chi connectivity index (χ1n) is 6.73. The molecule has 4 nitrogen and oxygen atoms in total. The third kappa shape index (κ3) is 2.91. The number of nitrogens with one attached hydrogen (secondary N) is 1. The summed E-state index contributed by atoms with van der Waals surface area (Å²) in [5, 5.41) is 3.50. The van der Waals surface area contributed by atoms with Gasteiger partial charge in [-0.05, 0) is 36.6 Å². The fourth-order valence-electron chi connectivity index (χ4n) is 2.41. The third-order valence-electron chi connectivity index (χ3n) is 4.13. The van der Waals surface area contributed by atoms with Crippen molar-refractivity contribution < 1.29 is 9.47 Å². The van der Waals surface area contributed by atoms with Crippen molar-refractivity contribution in [2.75, 3.05) is 33.4 Å². The van der Waals surface area contributed by atoms with E-state index in [1.54, 1.807) is 7.11 Å². The second-order valence-corrected chi connectivity index (χ2v) is 5.48. The number of nitrogens with two attached hydrogens (primary N) is 1. The highest BCUT2D eigenvalue weighted by molar-refractivity contribution is 5.43. The number of ether oxygens (including phenoxy) is 2. The second-order valence-electron chi connectivity index (χ2n) is 5.48. The Kier molecular flexibility index (Phi) is 4.45. The van der Waals surface area contributed by atoms with Crippen LogP contribution in [0.25, 0.3) is 0 Å². The molecule has 1 aliphatic heterocycles. The van der Waals surface area contributed by atoms with E-state index in [4.69, 9.17) is 15.2 Å². The lowest BCUT2D eigenvalue weighted by molar-refractivity contribution is -0.105. The van der Waals surface area contributed by atoms with Crippen LogP contribution in [0.1, 0.15) is 16.7 Å². The van der Waals surface area contributed by atoms with Crippen LogP contribution in [-0.4, -0.2) is 33.4 Å². The minimum Gasteiger partial charge on any atom is -0.496 e. The van der Waals surface area contributed by atoms with Gasteiger partial charge >= 0.3 is 0 Å². The Balaban J connectivity index is 1.94. The van der Waals surface area contributed by atoms with Gasteiger partial charge < -0.3 is 20.5 Å². The number of hydrogen-bond donors (Lipinski definition) is 2. The first-order valence-corrected chi connectivity index (χ1v) is 6.73. The summed E-state index contributed by atoms with van der Waals surface area (Å²) in [7, 11) is 1.71. The SMILES string of the molecule is COc1ccc(CNCC2(CN)COC2)c(C)c1C. The van der Waals surface area contributed by atoms with Crippen LogP contribution in [0, 0.1) is 19.3 Å². The van der Waals surface area contributed by atoms with Gasteiger partial charge in [0.1, 0.15) is 5.75 Å². The zero-order chi connectivity index (χ0) is 13.9. The lowest BCUT2D eigenvalue weighted by atomic mass is 9.86. The molecule has 1 aromatic carbocycles. The van der Waals surface area contributed by atoms with Crippen molar-refractivity contribution in [2.24, 2.45) is 11.1 Å². The molecule has 1 aliphatic rings. The highest BCUT2D eigenvalue weighted by Gasteiger charge is 2.36. The van der Waals surface area contributed by atoms with Crippen LogP contribution in [0.5, 0.6) is 5.75 Å². The van der Waals surface area contributed by atoms with Gasteiger partial charge in [0.2, 0.25) is 0 Å². The molecule has 1 saturated heterocycles.